The topological polar surface area (TPSA) is 46.3 Å². The van der Waals surface area contributed by atoms with Gasteiger partial charge in [-0.3, -0.25) is 9.69 Å². The predicted octanol–water partition coefficient (Wildman–Crippen LogP) is 1.78. The minimum atomic E-state index is -0.0138. The fourth-order valence-electron chi connectivity index (χ4n) is 1.71. The Kier molecular flexibility index (Phi) is 2.69. The zero-order chi connectivity index (χ0) is 11.7. The van der Waals surface area contributed by atoms with E-state index >= 15 is 0 Å². The van der Waals surface area contributed by atoms with Crippen molar-refractivity contribution in [3.8, 4) is 12.3 Å². The van der Waals surface area contributed by atoms with Gasteiger partial charge in [0.05, 0.1) is 5.69 Å². The van der Waals surface area contributed by atoms with E-state index < -0.39 is 0 Å². The Morgan fingerprint density at radius 2 is 2.44 bits per heavy atom. The summed E-state index contributed by atoms with van der Waals surface area (Å²) in [5.74, 6) is 3.39. The predicted molar refractivity (Wildman–Crippen MR) is 59.9 cm³/mol. The second-order valence-electron chi connectivity index (χ2n) is 4.32. The van der Waals surface area contributed by atoms with Crippen molar-refractivity contribution in [3.05, 3.63) is 11.8 Å². The van der Waals surface area contributed by atoms with E-state index in [9.17, 15) is 4.79 Å². The van der Waals surface area contributed by atoms with Gasteiger partial charge in [0.2, 0.25) is 11.8 Å². The number of hydrogen-bond donors (Lipinski definition) is 0. The maximum atomic E-state index is 11.7. The van der Waals surface area contributed by atoms with Crippen LogP contribution in [-0.4, -0.2) is 17.6 Å². The quantitative estimate of drug-likeness (QED) is 0.711. The molecule has 0 bridgehead atoms. The van der Waals surface area contributed by atoms with E-state index in [2.05, 4.69) is 11.1 Å². The van der Waals surface area contributed by atoms with Crippen molar-refractivity contribution in [2.24, 2.45) is 5.92 Å². The number of amides is 1. The number of carbonyl (C=O) groups is 1. The van der Waals surface area contributed by atoms with Crippen LogP contribution in [-0.2, 0) is 4.79 Å². The number of hydrogen-bond acceptors (Lipinski definition) is 3. The number of terminal acetylenes is 1. The molecule has 0 saturated carbocycles. The molecule has 1 fully saturated rings. The molecule has 0 aliphatic carbocycles. The van der Waals surface area contributed by atoms with Crippen LogP contribution in [0.5, 0.6) is 0 Å². The summed E-state index contributed by atoms with van der Waals surface area (Å²) in [6.07, 6.45) is 5.71. The molecule has 2 rings (SSSR count). The lowest BCUT2D eigenvalue weighted by Crippen LogP contribution is -2.23. The van der Waals surface area contributed by atoms with Crippen LogP contribution in [0.1, 0.15) is 31.9 Å². The number of aromatic nitrogens is 1. The standard InChI is InChI=1S/C12H14N2O2/c1-4-9-5-11(15)14(7-9)12-6-10(8(2)3)13-16-12/h1,6,8-9H,5,7H2,2-3H3. The average molecular weight is 218 g/mol. The van der Waals surface area contributed by atoms with Gasteiger partial charge in [-0.05, 0) is 5.92 Å². The molecule has 2 heterocycles. The molecule has 0 aromatic carbocycles. The largest absolute Gasteiger partial charge is 0.338 e. The molecule has 1 aliphatic heterocycles. The van der Waals surface area contributed by atoms with Gasteiger partial charge in [-0.1, -0.05) is 19.0 Å². The number of anilines is 1. The maximum Gasteiger partial charge on any atom is 0.234 e. The van der Waals surface area contributed by atoms with Gasteiger partial charge in [0.25, 0.3) is 0 Å². The SMILES string of the molecule is C#CC1CC(=O)N(c2cc(C(C)C)no2)C1. The monoisotopic (exact) mass is 218 g/mol. The fraction of sp³-hybridized carbons (Fsp3) is 0.500. The number of carbonyl (C=O) groups excluding carboxylic acids is 1. The van der Waals surface area contributed by atoms with Crippen molar-refractivity contribution >= 4 is 11.8 Å². The molecule has 1 saturated heterocycles. The molecular formula is C12H14N2O2. The summed E-state index contributed by atoms with van der Waals surface area (Å²) in [6.45, 7) is 4.58. The van der Waals surface area contributed by atoms with Crippen molar-refractivity contribution in [2.75, 3.05) is 11.4 Å². The molecule has 4 nitrogen and oxygen atoms in total. The van der Waals surface area contributed by atoms with Crippen molar-refractivity contribution in [2.45, 2.75) is 26.2 Å². The molecule has 1 aliphatic rings. The van der Waals surface area contributed by atoms with E-state index in [4.69, 9.17) is 10.9 Å². The molecule has 1 aromatic heterocycles. The molecule has 0 spiro atoms. The molecule has 4 heteroatoms. The zero-order valence-electron chi connectivity index (χ0n) is 9.43. The van der Waals surface area contributed by atoms with Gasteiger partial charge in [0, 0.05) is 24.9 Å². The second-order valence-corrected chi connectivity index (χ2v) is 4.32. The van der Waals surface area contributed by atoms with E-state index in [1.165, 1.54) is 0 Å². The third-order valence-corrected chi connectivity index (χ3v) is 2.73. The molecule has 1 amide bonds. The highest BCUT2D eigenvalue weighted by atomic mass is 16.5. The van der Waals surface area contributed by atoms with Crippen LogP contribution in [0.15, 0.2) is 10.6 Å². The minimum Gasteiger partial charge on any atom is -0.338 e. The Morgan fingerprint density at radius 1 is 1.69 bits per heavy atom. The van der Waals surface area contributed by atoms with E-state index in [0.717, 1.165) is 5.69 Å². The zero-order valence-corrected chi connectivity index (χ0v) is 9.43. The Morgan fingerprint density at radius 3 is 2.94 bits per heavy atom. The van der Waals surface area contributed by atoms with Gasteiger partial charge in [-0.2, -0.15) is 0 Å². The van der Waals surface area contributed by atoms with E-state index in [1.807, 2.05) is 19.9 Å². The van der Waals surface area contributed by atoms with Crippen LogP contribution in [0.4, 0.5) is 5.88 Å². The first-order chi connectivity index (χ1) is 7.61. The van der Waals surface area contributed by atoms with E-state index in [0.29, 0.717) is 24.8 Å². The first kappa shape index (κ1) is 10.7. The Bertz CT molecular complexity index is 442. The first-order valence-corrected chi connectivity index (χ1v) is 5.35. The first-order valence-electron chi connectivity index (χ1n) is 5.35. The summed E-state index contributed by atoms with van der Waals surface area (Å²) in [4.78, 5) is 13.2. The van der Waals surface area contributed by atoms with Gasteiger partial charge < -0.3 is 4.52 Å². The van der Waals surface area contributed by atoms with Crippen molar-refractivity contribution in [1.29, 1.82) is 0 Å². The van der Waals surface area contributed by atoms with Gasteiger partial charge >= 0.3 is 0 Å². The molecule has 1 aromatic rings. The van der Waals surface area contributed by atoms with Crippen molar-refractivity contribution < 1.29 is 9.32 Å². The van der Waals surface area contributed by atoms with Gasteiger partial charge in [0.15, 0.2) is 0 Å². The highest BCUT2D eigenvalue weighted by Gasteiger charge is 2.31. The third-order valence-electron chi connectivity index (χ3n) is 2.73. The molecule has 0 radical (unpaired) electrons. The minimum absolute atomic E-state index is 0.00871. The lowest BCUT2D eigenvalue weighted by molar-refractivity contribution is -0.117. The Labute approximate surface area is 94.6 Å². The molecular weight excluding hydrogens is 204 g/mol. The average Bonchev–Trinajstić information content (AvgIpc) is 2.83. The van der Waals surface area contributed by atoms with Gasteiger partial charge in [-0.25, -0.2) is 0 Å². The molecule has 0 N–H and O–H groups in total. The van der Waals surface area contributed by atoms with Crippen LogP contribution in [0.25, 0.3) is 0 Å². The third kappa shape index (κ3) is 1.81. The molecule has 1 atom stereocenters. The maximum absolute atomic E-state index is 11.7. The number of rotatable bonds is 2. The van der Waals surface area contributed by atoms with Crippen LogP contribution in [0.2, 0.25) is 0 Å². The van der Waals surface area contributed by atoms with E-state index in [1.54, 1.807) is 4.90 Å². The van der Waals surface area contributed by atoms with E-state index in [-0.39, 0.29) is 11.8 Å². The van der Waals surface area contributed by atoms with Crippen LogP contribution < -0.4 is 4.90 Å². The summed E-state index contributed by atoms with van der Waals surface area (Å²) in [6, 6.07) is 1.81. The van der Waals surface area contributed by atoms with Crippen LogP contribution in [0, 0.1) is 18.3 Å². The summed E-state index contributed by atoms with van der Waals surface area (Å²) >= 11 is 0. The smallest absolute Gasteiger partial charge is 0.234 e. The lowest BCUT2D eigenvalue weighted by atomic mass is 10.1. The molecule has 16 heavy (non-hydrogen) atoms. The van der Waals surface area contributed by atoms with Crippen LogP contribution >= 0.6 is 0 Å². The molecule has 84 valence electrons. The highest BCUT2D eigenvalue weighted by molar-refractivity contribution is 5.94. The summed E-state index contributed by atoms with van der Waals surface area (Å²) in [7, 11) is 0. The summed E-state index contributed by atoms with van der Waals surface area (Å²) in [5, 5.41) is 3.93. The summed E-state index contributed by atoms with van der Waals surface area (Å²) < 4.78 is 5.16. The van der Waals surface area contributed by atoms with Crippen molar-refractivity contribution in [1.82, 2.24) is 5.16 Å². The molecule has 1 unspecified atom stereocenters. The van der Waals surface area contributed by atoms with Gasteiger partial charge in [-0.15, -0.1) is 12.3 Å². The fourth-order valence-corrected chi connectivity index (χ4v) is 1.71. The van der Waals surface area contributed by atoms with Crippen molar-refractivity contribution in [3.63, 3.8) is 0 Å². The highest BCUT2D eigenvalue weighted by Crippen LogP contribution is 2.27. The Hall–Kier alpha value is -1.76. The Balaban J connectivity index is 2.19. The second kappa shape index (κ2) is 4.01. The normalized spacial score (nSPS) is 20.5. The lowest BCUT2D eigenvalue weighted by Gasteiger charge is -2.09. The van der Waals surface area contributed by atoms with Gasteiger partial charge in [0.1, 0.15) is 0 Å². The number of nitrogens with zero attached hydrogens (tertiary/aromatic N) is 2. The summed E-state index contributed by atoms with van der Waals surface area (Å²) in [5.41, 5.74) is 0.854. The van der Waals surface area contributed by atoms with Crippen LogP contribution in [0.3, 0.4) is 0 Å².